The fourth-order valence-corrected chi connectivity index (χ4v) is 3.40. The van der Waals surface area contributed by atoms with Gasteiger partial charge in [0.25, 0.3) is 0 Å². The van der Waals surface area contributed by atoms with Gasteiger partial charge in [0.05, 0.1) is 13.2 Å². The van der Waals surface area contributed by atoms with Gasteiger partial charge < -0.3 is 10.5 Å². The van der Waals surface area contributed by atoms with E-state index in [2.05, 4.69) is 28.9 Å². The summed E-state index contributed by atoms with van der Waals surface area (Å²) in [4.78, 5) is 1.12. The third-order valence-electron chi connectivity index (χ3n) is 2.65. The average molecular weight is 312 g/mol. The summed E-state index contributed by atoms with van der Waals surface area (Å²) in [5.74, 6) is 0.836. The van der Waals surface area contributed by atoms with Crippen molar-refractivity contribution in [3.63, 3.8) is 0 Å². The number of benzene rings is 1. The molecule has 0 bridgehead atoms. The lowest BCUT2D eigenvalue weighted by Crippen LogP contribution is -2.12. The van der Waals surface area contributed by atoms with Gasteiger partial charge in [-0.15, -0.1) is 11.3 Å². The number of thiophene rings is 1. The first-order valence-electron chi connectivity index (χ1n) is 5.26. The average Bonchev–Trinajstić information content (AvgIpc) is 2.74. The largest absolute Gasteiger partial charge is 0.496 e. The molecule has 0 aliphatic carbocycles. The van der Waals surface area contributed by atoms with Gasteiger partial charge in [-0.05, 0) is 40.4 Å². The smallest absolute Gasteiger partial charge is 0.124 e. The molecule has 1 aromatic heterocycles. The van der Waals surface area contributed by atoms with Crippen molar-refractivity contribution in [3.05, 3.63) is 50.1 Å². The Kier molecular flexibility index (Phi) is 3.86. The fraction of sp³-hybridized carbons (Fsp3) is 0.231. The summed E-state index contributed by atoms with van der Waals surface area (Å²) in [6.07, 6.45) is 0. The molecule has 0 aliphatic rings. The summed E-state index contributed by atoms with van der Waals surface area (Å²) >= 11 is 5.17. The van der Waals surface area contributed by atoms with E-state index in [0.717, 1.165) is 20.7 Å². The predicted octanol–water partition coefficient (Wildman–Crippen LogP) is 3.88. The Labute approximate surface area is 114 Å². The molecule has 0 radical (unpaired) electrons. The van der Waals surface area contributed by atoms with Gasteiger partial charge in [-0.1, -0.05) is 17.7 Å². The van der Waals surface area contributed by atoms with Gasteiger partial charge in [-0.25, -0.2) is 0 Å². The Morgan fingerprint density at radius 1 is 1.35 bits per heavy atom. The van der Waals surface area contributed by atoms with E-state index in [1.54, 1.807) is 18.4 Å². The molecule has 1 aromatic carbocycles. The molecule has 0 amide bonds. The minimum Gasteiger partial charge on any atom is -0.496 e. The highest BCUT2D eigenvalue weighted by Gasteiger charge is 2.17. The quantitative estimate of drug-likeness (QED) is 0.933. The van der Waals surface area contributed by atoms with Gasteiger partial charge in [-0.2, -0.15) is 0 Å². The first-order valence-corrected chi connectivity index (χ1v) is 6.93. The maximum absolute atomic E-state index is 6.31. The Balaban J connectivity index is 2.46. The molecule has 0 saturated carbocycles. The van der Waals surface area contributed by atoms with Gasteiger partial charge in [0, 0.05) is 14.9 Å². The molecule has 0 fully saturated rings. The van der Waals surface area contributed by atoms with E-state index in [4.69, 9.17) is 10.5 Å². The van der Waals surface area contributed by atoms with Crippen LogP contribution < -0.4 is 10.5 Å². The van der Waals surface area contributed by atoms with Crippen LogP contribution in [0.3, 0.4) is 0 Å². The molecule has 1 heterocycles. The molecule has 2 rings (SSSR count). The van der Waals surface area contributed by atoms with Crippen LogP contribution >= 0.6 is 27.3 Å². The van der Waals surface area contributed by atoms with Gasteiger partial charge in [-0.3, -0.25) is 0 Å². The van der Waals surface area contributed by atoms with Crippen LogP contribution in [0.25, 0.3) is 0 Å². The highest BCUT2D eigenvalue weighted by molar-refractivity contribution is 9.10. The van der Waals surface area contributed by atoms with E-state index in [-0.39, 0.29) is 6.04 Å². The zero-order chi connectivity index (χ0) is 12.4. The molecule has 2 N–H and O–H groups in total. The highest BCUT2D eigenvalue weighted by atomic mass is 79.9. The molecule has 1 unspecified atom stereocenters. The summed E-state index contributed by atoms with van der Waals surface area (Å²) in [5.41, 5.74) is 8.52. The second-order valence-electron chi connectivity index (χ2n) is 3.86. The number of aryl methyl sites for hydroxylation is 1. The van der Waals surface area contributed by atoms with Crippen LogP contribution in [0.2, 0.25) is 0 Å². The van der Waals surface area contributed by atoms with E-state index < -0.39 is 0 Å². The lowest BCUT2D eigenvalue weighted by molar-refractivity contribution is 0.408. The zero-order valence-electron chi connectivity index (χ0n) is 9.74. The van der Waals surface area contributed by atoms with Crippen LogP contribution in [0.1, 0.15) is 22.0 Å². The summed E-state index contributed by atoms with van der Waals surface area (Å²) < 4.78 is 6.42. The molecule has 90 valence electrons. The monoisotopic (exact) mass is 311 g/mol. The van der Waals surface area contributed by atoms with Crippen LogP contribution in [0.4, 0.5) is 0 Å². The first kappa shape index (κ1) is 12.6. The van der Waals surface area contributed by atoms with Crippen molar-refractivity contribution in [1.82, 2.24) is 0 Å². The molecular weight excluding hydrogens is 298 g/mol. The number of halogens is 1. The van der Waals surface area contributed by atoms with Gasteiger partial charge in [0.1, 0.15) is 5.75 Å². The molecule has 2 nitrogen and oxygen atoms in total. The number of hydrogen-bond acceptors (Lipinski definition) is 3. The standard InChI is InChI=1S/C13H14BrNOS/c1-8-3-4-11(16-2)9(7-8)12(15)13-10(14)5-6-17-13/h3-7,12H,15H2,1-2H3. The van der Waals surface area contributed by atoms with Crippen LogP contribution in [0.5, 0.6) is 5.75 Å². The molecular formula is C13H14BrNOS. The van der Waals surface area contributed by atoms with Crippen molar-refractivity contribution in [2.75, 3.05) is 7.11 Å². The number of nitrogens with two attached hydrogens (primary N) is 1. The van der Waals surface area contributed by atoms with Gasteiger partial charge in [0.2, 0.25) is 0 Å². The topological polar surface area (TPSA) is 35.2 Å². The van der Waals surface area contributed by atoms with Crippen molar-refractivity contribution >= 4 is 27.3 Å². The first-order chi connectivity index (χ1) is 8.13. The summed E-state index contributed by atoms with van der Waals surface area (Å²) in [7, 11) is 1.67. The van der Waals surface area contributed by atoms with Crippen molar-refractivity contribution in [3.8, 4) is 5.75 Å². The molecule has 1 atom stereocenters. The van der Waals surface area contributed by atoms with Gasteiger partial charge in [0.15, 0.2) is 0 Å². The fourth-order valence-electron chi connectivity index (χ4n) is 1.77. The maximum Gasteiger partial charge on any atom is 0.124 e. The Hall–Kier alpha value is -0.840. The highest BCUT2D eigenvalue weighted by Crippen LogP contribution is 2.35. The zero-order valence-corrected chi connectivity index (χ0v) is 12.1. The van der Waals surface area contributed by atoms with Crippen LogP contribution in [-0.4, -0.2) is 7.11 Å². The summed E-state index contributed by atoms with van der Waals surface area (Å²) in [6, 6.07) is 7.93. The Morgan fingerprint density at radius 2 is 2.12 bits per heavy atom. The minimum absolute atomic E-state index is 0.153. The third-order valence-corrected chi connectivity index (χ3v) is 4.60. The SMILES string of the molecule is COc1ccc(C)cc1C(N)c1sccc1Br. The third kappa shape index (κ3) is 2.54. The van der Waals surface area contributed by atoms with Crippen LogP contribution in [0, 0.1) is 6.92 Å². The van der Waals surface area contributed by atoms with Crippen molar-refractivity contribution in [2.45, 2.75) is 13.0 Å². The molecule has 0 saturated heterocycles. The maximum atomic E-state index is 6.31. The molecule has 0 aliphatic heterocycles. The predicted molar refractivity (Wildman–Crippen MR) is 75.8 cm³/mol. The summed E-state index contributed by atoms with van der Waals surface area (Å²) in [6.45, 7) is 2.05. The van der Waals surface area contributed by atoms with E-state index >= 15 is 0 Å². The van der Waals surface area contributed by atoms with Crippen molar-refractivity contribution in [2.24, 2.45) is 5.73 Å². The second-order valence-corrected chi connectivity index (χ2v) is 5.66. The lowest BCUT2D eigenvalue weighted by Gasteiger charge is -2.15. The second kappa shape index (κ2) is 5.21. The van der Waals surface area contributed by atoms with Crippen molar-refractivity contribution < 1.29 is 4.74 Å². The van der Waals surface area contributed by atoms with E-state index in [9.17, 15) is 0 Å². The lowest BCUT2D eigenvalue weighted by atomic mass is 10.0. The van der Waals surface area contributed by atoms with Crippen LogP contribution in [0.15, 0.2) is 34.1 Å². The number of ether oxygens (including phenoxy) is 1. The number of methoxy groups -OCH3 is 1. The van der Waals surface area contributed by atoms with E-state index in [0.29, 0.717) is 0 Å². The molecule has 0 spiro atoms. The molecule has 4 heteroatoms. The van der Waals surface area contributed by atoms with Crippen molar-refractivity contribution in [1.29, 1.82) is 0 Å². The van der Waals surface area contributed by atoms with Crippen LogP contribution in [-0.2, 0) is 0 Å². The van der Waals surface area contributed by atoms with E-state index in [1.807, 2.05) is 23.6 Å². The summed E-state index contributed by atoms with van der Waals surface area (Å²) in [5, 5.41) is 2.03. The normalized spacial score (nSPS) is 12.5. The number of hydrogen-bond donors (Lipinski definition) is 1. The molecule has 17 heavy (non-hydrogen) atoms. The molecule has 2 aromatic rings. The number of rotatable bonds is 3. The van der Waals surface area contributed by atoms with Gasteiger partial charge >= 0.3 is 0 Å². The Bertz CT molecular complexity index is 524. The minimum atomic E-state index is -0.153. The van der Waals surface area contributed by atoms with E-state index in [1.165, 1.54) is 5.56 Å². The Morgan fingerprint density at radius 3 is 2.71 bits per heavy atom.